The quantitative estimate of drug-likeness (QED) is 0.647. The van der Waals surface area contributed by atoms with E-state index in [0.717, 1.165) is 18.0 Å². The summed E-state index contributed by atoms with van der Waals surface area (Å²) in [4.78, 5) is 2.81. The molecule has 76 valence electrons. The number of piperidine rings is 1. The Balaban J connectivity index is 1.85. The molecule has 2 atom stereocenters. The van der Waals surface area contributed by atoms with Gasteiger partial charge in [-0.25, -0.2) is 0 Å². The summed E-state index contributed by atoms with van der Waals surface area (Å²) < 4.78 is 0. The number of nitrogens with zero attached hydrogens (tertiary/aromatic N) is 1. The summed E-state index contributed by atoms with van der Waals surface area (Å²) in [6.45, 7) is 6.05. The minimum Gasteiger partial charge on any atom is -0.297 e. The second-order valence-electron chi connectivity index (χ2n) is 5.24. The van der Waals surface area contributed by atoms with Gasteiger partial charge in [0.25, 0.3) is 0 Å². The zero-order valence-electron chi connectivity index (χ0n) is 9.13. The van der Waals surface area contributed by atoms with Crippen molar-refractivity contribution in [2.24, 2.45) is 5.92 Å². The third-order valence-corrected chi connectivity index (χ3v) is 3.81. The largest absolute Gasteiger partial charge is 0.297 e. The van der Waals surface area contributed by atoms with Gasteiger partial charge in [0.15, 0.2) is 0 Å². The molecule has 0 N–H and O–H groups in total. The van der Waals surface area contributed by atoms with Crippen LogP contribution in [0.3, 0.4) is 0 Å². The molecule has 0 aromatic heterocycles. The van der Waals surface area contributed by atoms with E-state index in [1.54, 1.807) is 0 Å². The summed E-state index contributed by atoms with van der Waals surface area (Å²) >= 11 is 0. The zero-order chi connectivity index (χ0) is 9.26. The molecule has 2 bridgehead atoms. The lowest BCUT2D eigenvalue weighted by molar-refractivity contribution is 0.133. The zero-order valence-corrected chi connectivity index (χ0v) is 9.13. The predicted octanol–water partition coefficient (Wildman–Crippen LogP) is 3.05. The SMILES string of the molecule is CC(C)CCN1C2CCCC1CC2. The highest BCUT2D eigenvalue weighted by Gasteiger charge is 2.35. The number of fused-ring (bicyclic) bond motifs is 2. The Bertz CT molecular complexity index is 149. The van der Waals surface area contributed by atoms with Gasteiger partial charge < -0.3 is 0 Å². The molecule has 2 fully saturated rings. The van der Waals surface area contributed by atoms with Crippen molar-refractivity contribution in [2.75, 3.05) is 6.54 Å². The summed E-state index contributed by atoms with van der Waals surface area (Å²) in [6.07, 6.45) is 8.83. The molecule has 0 amide bonds. The van der Waals surface area contributed by atoms with E-state index in [2.05, 4.69) is 18.7 Å². The molecule has 0 aliphatic carbocycles. The first kappa shape index (κ1) is 9.51. The lowest BCUT2D eigenvalue weighted by atomic mass is 10.0. The second kappa shape index (κ2) is 4.00. The number of rotatable bonds is 3. The molecule has 0 radical (unpaired) electrons. The second-order valence-corrected chi connectivity index (χ2v) is 5.24. The summed E-state index contributed by atoms with van der Waals surface area (Å²) in [5, 5.41) is 0. The smallest absolute Gasteiger partial charge is 0.00987 e. The van der Waals surface area contributed by atoms with E-state index in [9.17, 15) is 0 Å². The molecule has 0 aromatic rings. The molecule has 1 nitrogen and oxygen atoms in total. The van der Waals surface area contributed by atoms with Crippen LogP contribution in [0.15, 0.2) is 0 Å². The topological polar surface area (TPSA) is 3.24 Å². The fourth-order valence-electron chi connectivity index (χ4n) is 3.00. The van der Waals surface area contributed by atoms with Crippen LogP contribution in [0.4, 0.5) is 0 Å². The first-order chi connectivity index (χ1) is 6.27. The lowest BCUT2D eigenvalue weighted by Gasteiger charge is -2.35. The van der Waals surface area contributed by atoms with Crippen LogP contribution in [0.2, 0.25) is 0 Å². The minimum atomic E-state index is 0.876. The Hall–Kier alpha value is -0.0400. The molecule has 2 heterocycles. The van der Waals surface area contributed by atoms with Gasteiger partial charge in [-0.2, -0.15) is 0 Å². The van der Waals surface area contributed by atoms with Gasteiger partial charge in [0, 0.05) is 12.1 Å². The average molecular weight is 181 g/mol. The van der Waals surface area contributed by atoms with E-state index in [1.165, 1.54) is 45.1 Å². The van der Waals surface area contributed by atoms with Crippen LogP contribution in [-0.4, -0.2) is 23.5 Å². The van der Waals surface area contributed by atoms with Crippen LogP contribution in [0.5, 0.6) is 0 Å². The fraction of sp³-hybridized carbons (Fsp3) is 1.00. The van der Waals surface area contributed by atoms with Crippen molar-refractivity contribution >= 4 is 0 Å². The van der Waals surface area contributed by atoms with E-state index in [0.29, 0.717) is 0 Å². The van der Waals surface area contributed by atoms with Gasteiger partial charge in [-0.15, -0.1) is 0 Å². The van der Waals surface area contributed by atoms with Crippen molar-refractivity contribution in [3.8, 4) is 0 Å². The fourth-order valence-corrected chi connectivity index (χ4v) is 3.00. The van der Waals surface area contributed by atoms with Crippen molar-refractivity contribution in [3.63, 3.8) is 0 Å². The van der Waals surface area contributed by atoms with Crippen LogP contribution in [0, 0.1) is 5.92 Å². The molecule has 13 heavy (non-hydrogen) atoms. The van der Waals surface area contributed by atoms with Gasteiger partial charge in [-0.05, 0) is 44.6 Å². The Morgan fingerprint density at radius 3 is 2.23 bits per heavy atom. The van der Waals surface area contributed by atoms with E-state index in [4.69, 9.17) is 0 Å². The summed E-state index contributed by atoms with van der Waals surface area (Å²) in [6, 6.07) is 1.94. The molecule has 2 aliphatic rings. The van der Waals surface area contributed by atoms with Crippen LogP contribution < -0.4 is 0 Å². The maximum Gasteiger partial charge on any atom is 0.00987 e. The highest BCUT2D eigenvalue weighted by molar-refractivity contribution is 4.91. The van der Waals surface area contributed by atoms with Gasteiger partial charge in [-0.1, -0.05) is 20.3 Å². The van der Waals surface area contributed by atoms with Gasteiger partial charge >= 0.3 is 0 Å². The molecule has 2 rings (SSSR count). The lowest BCUT2D eigenvalue weighted by Crippen LogP contribution is -2.40. The third kappa shape index (κ3) is 2.07. The van der Waals surface area contributed by atoms with Crippen molar-refractivity contribution < 1.29 is 0 Å². The summed E-state index contributed by atoms with van der Waals surface area (Å²) in [5.41, 5.74) is 0. The molecule has 2 unspecified atom stereocenters. The maximum atomic E-state index is 2.81. The van der Waals surface area contributed by atoms with Crippen molar-refractivity contribution in [1.29, 1.82) is 0 Å². The first-order valence-corrected chi connectivity index (χ1v) is 6.03. The van der Waals surface area contributed by atoms with Crippen LogP contribution >= 0.6 is 0 Å². The van der Waals surface area contributed by atoms with E-state index in [-0.39, 0.29) is 0 Å². The monoisotopic (exact) mass is 181 g/mol. The third-order valence-electron chi connectivity index (χ3n) is 3.81. The highest BCUT2D eigenvalue weighted by atomic mass is 15.2. The van der Waals surface area contributed by atoms with Crippen LogP contribution in [0.1, 0.15) is 52.4 Å². The Morgan fingerprint density at radius 2 is 1.69 bits per heavy atom. The first-order valence-electron chi connectivity index (χ1n) is 6.03. The Kier molecular flexibility index (Phi) is 2.92. The summed E-state index contributed by atoms with van der Waals surface area (Å²) in [7, 11) is 0. The molecule has 0 aromatic carbocycles. The molecular weight excluding hydrogens is 158 g/mol. The molecular formula is C12H23N. The van der Waals surface area contributed by atoms with Crippen LogP contribution in [0.25, 0.3) is 0 Å². The van der Waals surface area contributed by atoms with Gasteiger partial charge in [-0.3, -0.25) is 4.90 Å². The average Bonchev–Trinajstić information content (AvgIpc) is 2.34. The predicted molar refractivity (Wildman–Crippen MR) is 56.8 cm³/mol. The number of hydrogen-bond donors (Lipinski definition) is 0. The number of hydrogen-bond acceptors (Lipinski definition) is 1. The molecule has 2 saturated heterocycles. The highest BCUT2D eigenvalue weighted by Crippen LogP contribution is 2.35. The van der Waals surface area contributed by atoms with Gasteiger partial charge in [0.2, 0.25) is 0 Å². The molecule has 1 heteroatoms. The summed E-state index contributed by atoms with van der Waals surface area (Å²) in [5.74, 6) is 0.876. The van der Waals surface area contributed by atoms with E-state index >= 15 is 0 Å². The Morgan fingerprint density at radius 1 is 1.08 bits per heavy atom. The molecule has 2 aliphatic heterocycles. The maximum absolute atomic E-state index is 2.81. The minimum absolute atomic E-state index is 0.876. The van der Waals surface area contributed by atoms with E-state index < -0.39 is 0 Å². The standard InChI is InChI=1S/C12H23N/c1-10(2)8-9-13-11-4-3-5-12(13)7-6-11/h10-12H,3-9H2,1-2H3. The van der Waals surface area contributed by atoms with Crippen molar-refractivity contribution in [3.05, 3.63) is 0 Å². The molecule has 0 spiro atoms. The van der Waals surface area contributed by atoms with Crippen molar-refractivity contribution in [2.45, 2.75) is 64.5 Å². The Labute approximate surface area is 82.5 Å². The van der Waals surface area contributed by atoms with Gasteiger partial charge in [0.05, 0.1) is 0 Å². The molecule has 0 saturated carbocycles. The normalized spacial score (nSPS) is 34.4. The van der Waals surface area contributed by atoms with E-state index in [1.807, 2.05) is 0 Å². The van der Waals surface area contributed by atoms with Crippen molar-refractivity contribution in [1.82, 2.24) is 4.90 Å². The van der Waals surface area contributed by atoms with Crippen LogP contribution in [-0.2, 0) is 0 Å². The van der Waals surface area contributed by atoms with Gasteiger partial charge in [0.1, 0.15) is 0 Å².